The zero-order valence-corrected chi connectivity index (χ0v) is 19.7. The molecule has 1 amide bonds. The van der Waals surface area contributed by atoms with Gasteiger partial charge in [-0.25, -0.2) is 8.42 Å². The van der Waals surface area contributed by atoms with E-state index in [1.807, 2.05) is 25.2 Å². The molecule has 3 aromatic rings. The van der Waals surface area contributed by atoms with Gasteiger partial charge in [-0.2, -0.15) is 0 Å². The van der Waals surface area contributed by atoms with Crippen molar-refractivity contribution in [2.45, 2.75) is 11.4 Å². The van der Waals surface area contributed by atoms with Crippen molar-refractivity contribution in [2.75, 3.05) is 38.1 Å². The topological polar surface area (TPSA) is 97.0 Å². The van der Waals surface area contributed by atoms with Gasteiger partial charge in [0.25, 0.3) is 15.9 Å². The van der Waals surface area contributed by atoms with Crippen molar-refractivity contribution in [3.8, 4) is 11.5 Å². The first kappa shape index (κ1) is 23.6. The Morgan fingerprint density at radius 1 is 0.941 bits per heavy atom. The number of anilines is 1. The molecule has 0 atom stereocenters. The van der Waals surface area contributed by atoms with Gasteiger partial charge in [0.2, 0.25) is 0 Å². The van der Waals surface area contributed by atoms with E-state index in [2.05, 4.69) is 27.1 Å². The summed E-state index contributed by atoms with van der Waals surface area (Å²) in [6.07, 6.45) is 0. The van der Waals surface area contributed by atoms with Crippen LogP contribution in [-0.2, 0) is 16.6 Å². The lowest BCUT2D eigenvalue weighted by atomic mass is 10.2. The molecular weight excluding hydrogens is 454 g/mol. The van der Waals surface area contributed by atoms with Crippen molar-refractivity contribution in [3.63, 3.8) is 0 Å². The molecule has 4 rings (SSSR count). The molecule has 0 saturated heterocycles. The third kappa shape index (κ3) is 6.06. The lowest BCUT2D eigenvalue weighted by molar-refractivity contribution is 0.0949. The van der Waals surface area contributed by atoms with Gasteiger partial charge < -0.3 is 19.7 Å². The molecule has 9 heteroatoms. The van der Waals surface area contributed by atoms with Crippen LogP contribution < -0.4 is 19.5 Å². The first-order valence-electron chi connectivity index (χ1n) is 10.9. The van der Waals surface area contributed by atoms with E-state index in [4.69, 9.17) is 9.47 Å². The number of likely N-dealkylation sites (N-methyl/N-ethyl adjacent to an activating group) is 1. The summed E-state index contributed by atoms with van der Waals surface area (Å²) in [6.45, 7) is 2.72. The fraction of sp³-hybridized carbons (Fsp3) is 0.240. The molecule has 178 valence electrons. The third-order valence-electron chi connectivity index (χ3n) is 5.28. The van der Waals surface area contributed by atoms with Gasteiger partial charge in [0.1, 0.15) is 13.2 Å². The van der Waals surface area contributed by atoms with E-state index in [1.165, 1.54) is 23.8 Å². The van der Waals surface area contributed by atoms with Gasteiger partial charge in [-0.3, -0.25) is 9.52 Å². The molecule has 2 N–H and O–H groups in total. The molecule has 34 heavy (non-hydrogen) atoms. The largest absolute Gasteiger partial charge is 0.486 e. The van der Waals surface area contributed by atoms with E-state index < -0.39 is 10.0 Å². The number of carbonyl (C=O) groups excluding carboxylic acids is 1. The molecule has 8 nitrogen and oxygen atoms in total. The highest BCUT2D eigenvalue weighted by Crippen LogP contribution is 2.32. The maximum absolute atomic E-state index is 12.9. The number of amides is 1. The van der Waals surface area contributed by atoms with Crippen molar-refractivity contribution >= 4 is 21.6 Å². The van der Waals surface area contributed by atoms with Crippen molar-refractivity contribution < 1.29 is 22.7 Å². The Hall–Kier alpha value is -3.56. The van der Waals surface area contributed by atoms with Crippen LogP contribution in [0.25, 0.3) is 0 Å². The first-order valence-corrected chi connectivity index (χ1v) is 12.4. The number of fused-ring (bicyclic) bond motifs is 1. The highest BCUT2D eigenvalue weighted by molar-refractivity contribution is 7.92. The van der Waals surface area contributed by atoms with Crippen molar-refractivity contribution in [1.29, 1.82) is 0 Å². The molecule has 1 aliphatic heterocycles. The Kier molecular flexibility index (Phi) is 7.34. The number of hydrogen-bond acceptors (Lipinski definition) is 6. The number of nitrogens with one attached hydrogen (secondary N) is 2. The van der Waals surface area contributed by atoms with Crippen LogP contribution in [0, 0.1) is 0 Å². The van der Waals surface area contributed by atoms with Gasteiger partial charge in [-0.15, -0.1) is 0 Å². The SMILES string of the molecule is CN(CCNC(=O)c1cccc(NS(=O)(=O)c2ccc3c(c2)OCCO3)c1)Cc1ccccc1. The third-order valence-corrected chi connectivity index (χ3v) is 6.65. The minimum absolute atomic E-state index is 0.0491. The second kappa shape index (κ2) is 10.6. The Morgan fingerprint density at radius 3 is 2.50 bits per heavy atom. The average Bonchev–Trinajstić information content (AvgIpc) is 2.84. The van der Waals surface area contributed by atoms with Gasteiger partial charge >= 0.3 is 0 Å². The minimum atomic E-state index is -3.87. The van der Waals surface area contributed by atoms with Crippen LogP contribution in [-0.4, -0.2) is 52.6 Å². The summed E-state index contributed by atoms with van der Waals surface area (Å²) in [5.74, 6) is 0.631. The molecule has 0 saturated carbocycles. The van der Waals surface area contributed by atoms with Crippen LogP contribution in [0.1, 0.15) is 15.9 Å². The Balaban J connectivity index is 1.34. The number of sulfonamides is 1. The van der Waals surface area contributed by atoms with Crippen LogP contribution in [0.2, 0.25) is 0 Å². The van der Waals surface area contributed by atoms with Crippen LogP contribution in [0.3, 0.4) is 0 Å². The zero-order chi connectivity index (χ0) is 24.0. The van der Waals surface area contributed by atoms with E-state index in [0.29, 0.717) is 49.1 Å². The van der Waals surface area contributed by atoms with E-state index in [1.54, 1.807) is 24.3 Å². The number of nitrogens with zero attached hydrogens (tertiary/aromatic N) is 1. The second-order valence-electron chi connectivity index (χ2n) is 7.97. The van der Waals surface area contributed by atoms with Gasteiger partial charge in [0.15, 0.2) is 11.5 Å². The van der Waals surface area contributed by atoms with Crippen molar-refractivity contribution in [1.82, 2.24) is 10.2 Å². The Bertz CT molecular complexity index is 1250. The van der Waals surface area contributed by atoms with Crippen LogP contribution >= 0.6 is 0 Å². The second-order valence-corrected chi connectivity index (χ2v) is 9.65. The first-order chi connectivity index (χ1) is 16.4. The predicted molar refractivity (Wildman–Crippen MR) is 130 cm³/mol. The predicted octanol–water partition coefficient (Wildman–Crippen LogP) is 3.12. The standard InChI is InChI=1S/C25H27N3O5S/c1-28(18-19-6-3-2-4-7-19)13-12-26-25(29)20-8-5-9-21(16-20)27-34(30,31)22-10-11-23-24(17-22)33-15-14-32-23/h2-11,16-17,27H,12-15,18H2,1H3,(H,26,29). The molecule has 0 aliphatic carbocycles. The van der Waals surface area contributed by atoms with E-state index in [0.717, 1.165) is 6.54 Å². The molecule has 0 spiro atoms. The summed E-state index contributed by atoms with van der Waals surface area (Å²) in [4.78, 5) is 14.8. The molecular formula is C25H27N3O5S. The quantitative estimate of drug-likeness (QED) is 0.488. The maximum Gasteiger partial charge on any atom is 0.262 e. The Morgan fingerprint density at radius 2 is 1.71 bits per heavy atom. The molecule has 3 aromatic carbocycles. The van der Waals surface area contributed by atoms with Gasteiger partial charge in [-0.05, 0) is 42.9 Å². The molecule has 1 heterocycles. The number of benzene rings is 3. The zero-order valence-electron chi connectivity index (χ0n) is 18.9. The van der Waals surface area contributed by atoms with Crippen LogP contribution in [0.15, 0.2) is 77.7 Å². The summed E-state index contributed by atoms with van der Waals surface area (Å²) >= 11 is 0. The lowest BCUT2D eigenvalue weighted by Gasteiger charge is -2.19. The summed E-state index contributed by atoms with van der Waals surface area (Å²) in [5.41, 5.74) is 1.87. The monoisotopic (exact) mass is 481 g/mol. The summed E-state index contributed by atoms with van der Waals surface area (Å²) in [5, 5.41) is 2.88. The van der Waals surface area contributed by atoms with Gasteiger partial charge in [-0.1, -0.05) is 36.4 Å². The van der Waals surface area contributed by atoms with Crippen molar-refractivity contribution in [2.24, 2.45) is 0 Å². The highest BCUT2D eigenvalue weighted by atomic mass is 32.2. The maximum atomic E-state index is 12.9. The molecule has 0 unspecified atom stereocenters. The number of carbonyl (C=O) groups is 1. The minimum Gasteiger partial charge on any atom is -0.486 e. The fourth-order valence-electron chi connectivity index (χ4n) is 3.57. The number of hydrogen-bond donors (Lipinski definition) is 2. The van der Waals surface area contributed by atoms with E-state index >= 15 is 0 Å². The normalized spacial score (nSPS) is 12.9. The average molecular weight is 482 g/mol. The number of ether oxygens (including phenoxy) is 2. The van der Waals surface area contributed by atoms with Gasteiger partial charge in [0, 0.05) is 37.0 Å². The lowest BCUT2D eigenvalue weighted by Crippen LogP contribution is -2.32. The fourth-order valence-corrected chi connectivity index (χ4v) is 4.63. The molecule has 0 aromatic heterocycles. The van der Waals surface area contributed by atoms with Crippen molar-refractivity contribution in [3.05, 3.63) is 83.9 Å². The summed E-state index contributed by atoms with van der Waals surface area (Å²) < 4.78 is 39.1. The van der Waals surface area contributed by atoms with Crippen LogP contribution in [0.5, 0.6) is 11.5 Å². The highest BCUT2D eigenvalue weighted by Gasteiger charge is 2.20. The molecule has 0 radical (unpaired) electrons. The summed E-state index contributed by atoms with van der Waals surface area (Å²) in [6, 6.07) is 21.0. The molecule has 0 bridgehead atoms. The number of rotatable bonds is 9. The van der Waals surface area contributed by atoms with E-state index in [9.17, 15) is 13.2 Å². The Labute approximate surface area is 199 Å². The summed E-state index contributed by atoms with van der Waals surface area (Å²) in [7, 11) is -1.88. The van der Waals surface area contributed by atoms with Crippen LogP contribution in [0.4, 0.5) is 5.69 Å². The van der Waals surface area contributed by atoms with E-state index in [-0.39, 0.29) is 10.8 Å². The molecule has 0 fully saturated rings. The molecule has 1 aliphatic rings. The van der Waals surface area contributed by atoms with Gasteiger partial charge in [0.05, 0.1) is 4.90 Å². The smallest absolute Gasteiger partial charge is 0.262 e.